The van der Waals surface area contributed by atoms with Gasteiger partial charge in [-0.15, -0.1) is 11.3 Å². The Labute approximate surface area is 179 Å². The van der Waals surface area contributed by atoms with E-state index >= 15 is 0 Å². The largest absolute Gasteiger partial charge is 0.444 e. The van der Waals surface area contributed by atoms with Gasteiger partial charge in [0.15, 0.2) is 0 Å². The zero-order chi connectivity index (χ0) is 21.3. The molecule has 6 heteroatoms. The van der Waals surface area contributed by atoms with Crippen LogP contribution in [0.3, 0.4) is 0 Å². The van der Waals surface area contributed by atoms with Gasteiger partial charge >= 0.3 is 6.09 Å². The summed E-state index contributed by atoms with van der Waals surface area (Å²) in [6.07, 6.45) is 4.94. The van der Waals surface area contributed by atoms with Crippen LogP contribution >= 0.6 is 11.3 Å². The summed E-state index contributed by atoms with van der Waals surface area (Å²) in [5, 5.41) is 3.74. The van der Waals surface area contributed by atoms with Gasteiger partial charge in [-0.25, -0.2) is 9.78 Å². The highest BCUT2D eigenvalue weighted by atomic mass is 32.1. The van der Waals surface area contributed by atoms with Crippen LogP contribution in [0.2, 0.25) is 0 Å². The SMILES string of the molecule is CCN(CC)CCCCc1ccc(-c2ncc(COC(=O)NC(C)(C)C)s2)cc1. The first-order valence-corrected chi connectivity index (χ1v) is 11.3. The third-order valence-corrected chi connectivity index (χ3v) is 5.68. The number of unbranched alkanes of at least 4 members (excludes halogenated alkanes) is 1. The Morgan fingerprint density at radius 3 is 2.45 bits per heavy atom. The Balaban J connectivity index is 1.80. The molecule has 0 spiro atoms. The molecule has 1 aromatic carbocycles. The number of aromatic nitrogens is 1. The fourth-order valence-electron chi connectivity index (χ4n) is 3.00. The van der Waals surface area contributed by atoms with E-state index in [1.807, 2.05) is 20.8 Å². The quantitative estimate of drug-likeness (QED) is 0.519. The van der Waals surface area contributed by atoms with E-state index in [1.54, 1.807) is 17.5 Å². The van der Waals surface area contributed by atoms with Gasteiger partial charge in [0.25, 0.3) is 0 Å². The lowest BCUT2D eigenvalue weighted by molar-refractivity contribution is 0.132. The summed E-state index contributed by atoms with van der Waals surface area (Å²) in [4.78, 5) is 19.7. The lowest BCUT2D eigenvalue weighted by atomic mass is 10.1. The fourth-order valence-corrected chi connectivity index (χ4v) is 3.84. The summed E-state index contributed by atoms with van der Waals surface area (Å²) < 4.78 is 5.28. The summed E-state index contributed by atoms with van der Waals surface area (Å²) in [7, 11) is 0. The van der Waals surface area contributed by atoms with Crippen LogP contribution in [0.15, 0.2) is 30.5 Å². The predicted molar refractivity (Wildman–Crippen MR) is 121 cm³/mol. The molecule has 0 bridgehead atoms. The van der Waals surface area contributed by atoms with E-state index in [0.717, 1.165) is 35.0 Å². The number of benzene rings is 1. The summed E-state index contributed by atoms with van der Waals surface area (Å²) >= 11 is 1.56. The molecule has 0 unspecified atom stereocenters. The Kier molecular flexibility index (Phi) is 9.11. The summed E-state index contributed by atoms with van der Waals surface area (Å²) in [5.74, 6) is 0. The van der Waals surface area contributed by atoms with Crippen LogP contribution < -0.4 is 5.32 Å². The zero-order valence-electron chi connectivity index (χ0n) is 18.5. The molecule has 1 amide bonds. The van der Waals surface area contributed by atoms with Gasteiger partial charge in [-0.2, -0.15) is 0 Å². The van der Waals surface area contributed by atoms with Gasteiger partial charge in [-0.3, -0.25) is 0 Å². The fraction of sp³-hybridized carbons (Fsp3) is 0.565. The van der Waals surface area contributed by atoms with E-state index in [1.165, 1.54) is 24.9 Å². The second-order valence-corrected chi connectivity index (χ2v) is 9.38. The van der Waals surface area contributed by atoms with E-state index in [0.29, 0.717) is 0 Å². The maximum absolute atomic E-state index is 11.8. The number of alkyl carbamates (subject to hydrolysis) is 1. The molecule has 1 N–H and O–H groups in total. The van der Waals surface area contributed by atoms with Crippen molar-refractivity contribution in [2.24, 2.45) is 0 Å². The smallest absolute Gasteiger partial charge is 0.407 e. The van der Waals surface area contributed by atoms with E-state index in [2.05, 4.69) is 53.3 Å². The molecule has 0 radical (unpaired) electrons. The predicted octanol–water partition coefficient (Wildman–Crippen LogP) is 5.50. The van der Waals surface area contributed by atoms with Crippen LogP contribution in [0.4, 0.5) is 4.79 Å². The van der Waals surface area contributed by atoms with Crippen molar-refractivity contribution < 1.29 is 9.53 Å². The molecule has 0 saturated heterocycles. The molecule has 1 heterocycles. The Morgan fingerprint density at radius 1 is 1.14 bits per heavy atom. The second kappa shape index (κ2) is 11.3. The molecule has 29 heavy (non-hydrogen) atoms. The Morgan fingerprint density at radius 2 is 1.83 bits per heavy atom. The maximum Gasteiger partial charge on any atom is 0.407 e. The minimum Gasteiger partial charge on any atom is -0.444 e. The number of hydrogen-bond acceptors (Lipinski definition) is 5. The summed E-state index contributed by atoms with van der Waals surface area (Å²) in [6, 6.07) is 8.66. The average molecular weight is 418 g/mol. The molecule has 0 atom stereocenters. The molecular formula is C23H35N3O2S. The van der Waals surface area contributed by atoms with Gasteiger partial charge in [-0.05, 0) is 65.2 Å². The van der Waals surface area contributed by atoms with Crippen molar-refractivity contribution in [1.82, 2.24) is 15.2 Å². The van der Waals surface area contributed by atoms with E-state index in [4.69, 9.17) is 4.74 Å². The molecule has 0 saturated carbocycles. The van der Waals surface area contributed by atoms with E-state index < -0.39 is 6.09 Å². The molecule has 0 fully saturated rings. The second-order valence-electron chi connectivity index (χ2n) is 8.26. The topological polar surface area (TPSA) is 54.5 Å². The number of aryl methyl sites for hydroxylation is 1. The summed E-state index contributed by atoms with van der Waals surface area (Å²) in [5.41, 5.74) is 2.17. The van der Waals surface area contributed by atoms with Gasteiger partial charge in [0, 0.05) is 17.3 Å². The molecule has 0 aliphatic carbocycles. The van der Waals surface area contributed by atoms with Crippen LogP contribution in [0.5, 0.6) is 0 Å². The van der Waals surface area contributed by atoms with Crippen LogP contribution in [0, 0.1) is 0 Å². The maximum atomic E-state index is 11.8. The Hall–Kier alpha value is -1.92. The van der Waals surface area contributed by atoms with Crippen molar-refractivity contribution >= 4 is 17.4 Å². The number of carbonyl (C=O) groups is 1. The van der Waals surface area contributed by atoms with E-state index in [-0.39, 0.29) is 12.1 Å². The van der Waals surface area contributed by atoms with Crippen LogP contribution in [0.25, 0.3) is 10.6 Å². The summed E-state index contributed by atoms with van der Waals surface area (Å²) in [6.45, 7) is 13.9. The van der Waals surface area contributed by atoms with Crippen molar-refractivity contribution in [2.75, 3.05) is 19.6 Å². The highest BCUT2D eigenvalue weighted by molar-refractivity contribution is 7.15. The van der Waals surface area contributed by atoms with Crippen molar-refractivity contribution in [3.05, 3.63) is 40.9 Å². The molecule has 1 aromatic heterocycles. The third-order valence-electron chi connectivity index (χ3n) is 4.66. The monoisotopic (exact) mass is 417 g/mol. The van der Waals surface area contributed by atoms with Crippen molar-refractivity contribution in [3.63, 3.8) is 0 Å². The van der Waals surface area contributed by atoms with Crippen molar-refractivity contribution in [3.8, 4) is 10.6 Å². The molecular weight excluding hydrogens is 382 g/mol. The number of ether oxygens (including phenoxy) is 1. The van der Waals surface area contributed by atoms with E-state index in [9.17, 15) is 4.79 Å². The minimum atomic E-state index is -0.405. The minimum absolute atomic E-state index is 0.240. The number of rotatable bonds is 10. The number of carbonyl (C=O) groups excluding carboxylic acids is 1. The first-order valence-electron chi connectivity index (χ1n) is 10.5. The number of hydrogen-bond donors (Lipinski definition) is 1. The van der Waals surface area contributed by atoms with Crippen molar-refractivity contribution in [1.29, 1.82) is 0 Å². The first kappa shape index (κ1) is 23.4. The van der Waals surface area contributed by atoms with Crippen LogP contribution in [0.1, 0.15) is 57.9 Å². The highest BCUT2D eigenvalue weighted by Crippen LogP contribution is 2.26. The standard InChI is InChI=1S/C23H35N3O2S/c1-6-26(7-2)15-9-8-10-18-11-13-19(14-12-18)21-24-16-20(29-21)17-28-22(27)25-23(3,4)5/h11-14,16H,6-10,15,17H2,1-5H3,(H,25,27). The highest BCUT2D eigenvalue weighted by Gasteiger charge is 2.15. The van der Waals surface area contributed by atoms with Crippen molar-refractivity contribution in [2.45, 2.75) is 66.0 Å². The molecule has 0 aliphatic heterocycles. The van der Waals surface area contributed by atoms with Crippen LogP contribution in [-0.2, 0) is 17.8 Å². The number of nitrogens with zero attached hydrogens (tertiary/aromatic N) is 2. The molecule has 0 aliphatic rings. The van der Waals surface area contributed by atoms with Gasteiger partial charge < -0.3 is 15.0 Å². The molecule has 160 valence electrons. The number of amides is 1. The van der Waals surface area contributed by atoms with Gasteiger partial charge in [0.2, 0.25) is 0 Å². The van der Waals surface area contributed by atoms with Crippen LogP contribution in [-0.4, -0.2) is 41.2 Å². The number of nitrogens with one attached hydrogen (secondary N) is 1. The van der Waals surface area contributed by atoms with Gasteiger partial charge in [-0.1, -0.05) is 38.1 Å². The molecule has 5 nitrogen and oxygen atoms in total. The number of thiazole rings is 1. The molecule has 2 rings (SSSR count). The normalized spacial score (nSPS) is 11.7. The zero-order valence-corrected chi connectivity index (χ0v) is 19.3. The van der Waals surface area contributed by atoms with Gasteiger partial charge in [0.05, 0.1) is 4.88 Å². The average Bonchev–Trinajstić information content (AvgIpc) is 3.15. The lowest BCUT2D eigenvalue weighted by Gasteiger charge is -2.19. The van der Waals surface area contributed by atoms with Gasteiger partial charge in [0.1, 0.15) is 11.6 Å². The first-order chi connectivity index (χ1) is 13.8. The lowest BCUT2D eigenvalue weighted by Crippen LogP contribution is -2.40. The molecule has 2 aromatic rings. The third kappa shape index (κ3) is 8.54. The Bertz CT molecular complexity index is 746.